The number of ether oxygens (including phenoxy) is 1. The molecule has 22 heavy (non-hydrogen) atoms. The quantitative estimate of drug-likeness (QED) is 0.657. The van der Waals surface area contributed by atoms with Crippen LogP contribution in [0.4, 0.5) is 0 Å². The molecular weight excluding hydrogens is 282 g/mol. The van der Waals surface area contributed by atoms with Crippen molar-refractivity contribution in [2.45, 2.75) is 49.6 Å². The summed E-state index contributed by atoms with van der Waals surface area (Å²) in [6.45, 7) is 0. The van der Waals surface area contributed by atoms with E-state index in [2.05, 4.69) is 5.32 Å². The Morgan fingerprint density at radius 2 is 1.86 bits per heavy atom. The molecule has 2 bridgehead atoms. The lowest BCUT2D eigenvalue weighted by molar-refractivity contribution is -0.152. The van der Waals surface area contributed by atoms with E-state index in [-0.39, 0.29) is 0 Å². The van der Waals surface area contributed by atoms with Gasteiger partial charge in [-0.3, -0.25) is 9.59 Å². The minimum absolute atomic E-state index is 0.307. The van der Waals surface area contributed by atoms with Crippen molar-refractivity contribution in [2.24, 2.45) is 0 Å². The molecular formula is C17H21NO4. The number of hydrogen-bond donors (Lipinski definition) is 2. The molecule has 1 aromatic rings. The van der Waals surface area contributed by atoms with E-state index in [9.17, 15) is 14.7 Å². The molecule has 5 nitrogen and oxygen atoms in total. The molecule has 2 aliphatic rings. The van der Waals surface area contributed by atoms with Gasteiger partial charge < -0.3 is 15.2 Å². The molecule has 0 saturated carbocycles. The van der Waals surface area contributed by atoms with Crippen molar-refractivity contribution >= 4 is 11.9 Å². The van der Waals surface area contributed by atoms with E-state index in [4.69, 9.17) is 4.74 Å². The van der Waals surface area contributed by atoms with Gasteiger partial charge in [0.2, 0.25) is 0 Å². The van der Waals surface area contributed by atoms with E-state index < -0.39 is 17.9 Å². The van der Waals surface area contributed by atoms with Crippen molar-refractivity contribution in [1.82, 2.24) is 5.32 Å². The molecule has 5 heteroatoms. The predicted molar refractivity (Wildman–Crippen MR) is 80.8 cm³/mol. The second-order valence-corrected chi connectivity index (χ2v) is 6.23. The fraction of sp³-hybridized carbons (Fsp3) is 0.529. The predicted octanol–water partition coefficient (Wildman–Crippen LogP) is 2.03. The highest BCUT2D eigenvalue weighted by molar-refractivity contribution is 6.00. The van der Waals surface area contributed by atoms with Crippen molar-refractivity contribution in [3.63, 3.8) is 0 Å². The van der Waals surface area contributed by atoms with Gasteiger partial charge in [0.15, 0.2) is 5.92 Å². The number of methoxy groups -OCH3 is 1. The van der Waals surface area contributed by atoms with Gasteiger partial charge in [-0.1, -0.05) is 24.3 Å². The Bertz CT molecular complexity index is 574. The second kappa shape index (κ2) is 6.08. The lowest BCUT2D eigenvalue weighted by Gasteiger charge is -2.31. The maximum Gasteiger partial charge on any atom is 0.324 e. The van der Waals surface area contributed by atoms with Gasteiger partial charge in [-0.05, 0) is 42.7 Å². The molecule has 0 radical (unpaired) electrons. The summed E-state index contributed by atoms with van der Waals surface area (Å²) < 4.78 is 4.69. The summed E-state index contributed by atoms with van der Waals surface area (Å²) in [5.74, 6) is -2.80. The summed E-state index contributed by atoms with van der Waals surface area (Å²) in [6.07, 6.45) is 4.37. The van der Waals surface area contributed by atoms with E-state index >= 15 is 0 Å². The smallest absolute Gasteiger partial charge is 0.324 e. The third kappa shape index (κ3) is 2.73. The average Bonchev–Trinajstić information content (AvgIpc) is 2.85. The number of nitrogens with one attached hydrogen (secondary N) is 1. The molecule has 3 atom stereocenters. The summed E-state index contributed by atoms with van der Waals surface area (Å²) in [5, 5.41) is 13.0. The number of aliphatic carboxylic acids is 1. The number of rotatable bonds is 4. The number of piperidine rings is 1. The Labute approximate surface area is 129 Å². The minimum atomic E-state index is -1.24. The highest BCUT2D eigenvalue weighted by atomic mass is 16.5. The van der Waals surface area contributed by atoms with Crippen LogP contribution in [0.5, 0.6) is 0 Å². The monoisotopic (exact) mass is 303 g/mol. The van der Waals surface area contributed by atoms with Crippen LogP contribution in [0.1, 0.15) is 48.6 Å². The molecule has 2 aliphatic heterocycles. The van der Waals surface area contributed by atoms with Gasteiger partial charge >= 0.3 is 11.9 Å². The fourth-order valence-corrected chi connectivity index (χ4v) is 3.94. The first-order valence-corrected chi connectivity index (χ1v) is 7.75. The standard InChI is InChI=1S/C17H21NO4/c1-22-17(21)15(16(19)20)14-5-3-2-4-13(14)10-8-11-6-7-12(9-10)18-11/h2-5,10-12,15,18H,6-9H2,1H3,(H,19,20). The highest BCUT2D eigenvalue weighted by Gasteiger charge is 2.38. The third-order valence-electron chi connectivity index (χ3n) is 4.90. The molecule has 2 N–H and O–H groups in total. The minimum Gasteiger partial charge on any atom is -0.480 e. The Kier molecular flexibility index (Phi) is 4.16. The van der Waals surface area contributed by atoms with Crippen molar-refractivity contribution in [3.05, 3.63) is 35.4 Å². The number of hydrogen-bond acceptors (Lipinski definition) is 4. The molecule has 3 unspecified atom stereocenters. The summed E-state index contributed by atoms with van der Waals surface area (Å²) in [6, 6.07) is 8.43. The lowest BCUT2D eigenvalue weighted by atomic mass is 9.81. The molecule has 0 amide bonds. The summed E-state index contributed by atoms with van der Waals surface area (Å²) in [4.78, 5) is 23.5. The number of benzene rings is 1. The second-order valence-electron chi connectivity index (χ2n) is 6.23. The van der Waals surface area contributed by atoms with E-state index in [1.807, 2.05) is 12.1 Å². The molecule has 2 heterocycles. The van der Waals surface area contributed by atoms with Crippen LogP contribution in [0.2, 0.25) is 0 Å². The molecule has 0 aromatic heterocycles. The van der Waals surface area contributed by atoms with E-state index in [1.165, 1.54) is 20.0 Å². The van der Waals surface area contributed by atoms with Gasteiger partial charge in [0.1, 0.15) is 0 Å². The van der Waals surface area contributed by atoms with Gasteiger partial charge in [0.25, 0.3) is 0 Å². The summed E-state index contributed by atoms with van der Waals surface area (Å²) in [7, 11) is 1.23. The normalized spacial score (nSPS) is 28.1. The Hall–Kier alpha value is -1.88. The Morgan fingerprint density at radius 1 is 1.23 bits per heavy atom. The number of carboxylic acid groups (broad SMARTS) is 1. The first kappa shape index (κ1) is 15.0. The van der Waals surface area contributed by atoms with E-state index in [0.29, 0.717) is 23.6 Å². The van der Waals surface area contributed by atoms with Crippen LogP contribution in [0.25, 0.3) is 0 Å². The van der Waals surface area contributed by atoms with Gasteiger partial charge in [0, 0.05) is 12.1 Å². The van der Waals surface area contributed by atoms with Gasteiger partial charge in [-0.15, -0.1) is 0 Å². The van der Waals surface area contributed by atoms with Crippen LogP contribution in [0.15, 0.2) is 24.3 Å². The average molecular weight is 303 g/mol. The largest absolute Gasteiger partial charge is 0.480 e. The molecule has 0 spiro atoms. The summed E-state index contributed by atoms with van der Waals surface area (Å²) in [5.41, 5.74) is 1.56. The van der Waals surface area contributed by atoms with Crippen molar-refractivity contribution in [2.75, 3.05) is 7.11 Å². The molecule has 0 aliphatic carbocycles. The van der Waals surface area contributed by atoms with Crippen LogP contribution in [0.3, 0.4) is 0 Å². The molecule has 2 saturated heterocycles. The van der Waals surface area contributed by atoms with Crippen LogP contribution >= 0.6 is 0 Å². The zero-order valence-electron chi connectivity index (χ0n) is 12.6. The fourth-order valence-electron chi connectivity index (χ4n) is 3.94. The van der Waals surface area contributed by atoms with Gasteiger partial charge in [-0.25, -0.2) is 0 Å². The lowest BCUT2D eigenvalue weighted by Crippen LogP contribution is -2.37. The molecule has 2 fully saturated rings. The third-order valence-corrected chi connectivity index (χ3v) is 4.90. The number of carboxylic acids is 1. The van der Waals surface area contributed by atoms with Crippen molar-refractivity contribution < 1.29 is 19.4 Å². The number of fused-ring (bicyclic) bond motifs is 2. The zero-order valence-corrected chi connectivity index (χ0v) is 12.6. The maximum absolute atomic E-state index is 11.9. The first-order chi connectivity index (χ1) is 10.6. The topological polar surface area (TPSA) is 75.6 Å². The van der Waals surface area contributed by atoms with Gasteiger partial charge in [-0.2, -0.15) is 0 Å². The Morgan fingerprint density at radius 3 is 2.45 bits per heavy atom. The number of carbonyl (C=O) groups is 2. The first-order valence-electron chi connectivity index (χ1n) is 7.75. The molecule has 1 aromatic carbocycles. The number of carbonyl (C=O) groups excluding carboxylic acids is 1. The van der Waals surface area contributed by atoms with Crippen LogP contribution < -0.4 is 5.32 Å². The van der Waals surface area contributed by atoms with Crippen LogP contribution in [-0.4, -0.2) is 36.2 Å². The zero-order chi connectivity index (χ0) is 15.7. The van der Waals surface area contributed by atoms with E-state index in [1.54, 1.807) is 12.1 Å². The molecule has 118 valence electrons. The van der Waals surface area contributed by atoms with Gasteiger partial charge in [0.05, 0.1) is 7.11 Å². The van der Waals surface area contributed by atoms with Crippen molar-refractivity contribution in [3.8, 4) is 0 Å². The van der Waals surface area contributed by atoms with E-state index in [0.717, 1.165) is 18.4 Å². The van der Waals surface area contributed by atoms with Crippen LogP contribution in [0, 0.1) is 0 Å². The maximum atomic E-state index is 11.9. The number of esters is 1. The highest BCUT2D eigenvalue weighted by Crippen LogP contribution is 2.40. The SMILES string of the molecule is COC(=O)C(C(=O)O)c1ccccc1C1CC2CCC(C1)N2. The Balaban J connectivity index is 1.95. The summed E-state index contributed by atoms with van der Waals surface area (Å²) >= 11 is 0. The van der Waals surface area contributed by atoms with Crippen molar-refractivity contribution in [1.29, 1.82) is 0 Å². The molecule has 3 rings (SSSR count). The van der Waals surface area contributed by atoms with Crippen LogP contribution in [-0.2, 0) is 14.3 Å².